The average Bonchev–Trinajstić information content (AvgIpc) is 3.81. The van der Waals surface area contributed by atoms with Crippen molar-refractivity contribution in [2.45, 2.75) is 25.1 Å². The van der Waals surface area contributed by atoms with E-state index < -0.39 is 41.0 Å². The Morgan fingerprint density at radius 1 is 0.900 bits per heavy atom. The van der Waals surface area contributed by atoms with E-state index in [-0.39, 0.29) is 78.1 Å². The van der Waals surface area contributed by atoms with Crippen LogP contribution in [0, 0.1) is 5.82 Å². The number of rotatable bonds is 7. The topological polar surface area (TPSA) is 185 Å². The molecule has 15 nitrogen and oxygen atoms in total. The molecule has 50 heavy (non-hydrogen) atoms. The van der Waals surface area contributed by atoms with Crippen molar-refractivity contribution in [3.8, 4) is 11.4 Å². The number of hydrogen-bond acceptors (Lipinski definition) is 11. The minimum Gasteiger partial charge on any atom is -0.450 e. The van der Waals surface area contributed by atoms with Crippen LogP contribution in [0.4, 0.5) is 40.1 Å². The van der Waals surface area contributed by atoms with Crippen LogP contribution in [0.1, 0.15) is 39.3 Å². The summed E-state index contributed by atoms with van der Waals surface area (Å²) in [6, 6.07) is 3.47. The molecule has 4 amide bonds. The fourth-order valence-electron chi connectivity index (χ4n) is 5.69. The first-order chi connectivity index (χ1) is 23.9. The van der Waals surface area contributed by atoms with E-state index in [2.05, 4.69) is 30.6 Å². The number of nitrogens with zero attached hydrogens (tertiary/aromatic N) is 7. The lowest BCUT2D eigenvalue weighted by molar-refractivity contribution is -0.137. The molecule has 0 radical (unpaired) electrons. The molecule has 1 saturated carbocycles. The first kappa shape index (κ1) is 32.9. The van der Waals surface area contributed by atoms with Gasteiger partial charge in [-0.05, 0) is 37.1 Å². The van der Waals surface area contributed by atoms with Gasteiger partial charge in [0.1, 0.15) is 17.2 Å². The van der Waals surface area contributed by atoms with E-state index in [0.29, 0.717) is 26.3 Å². The maximum absolute atomic E-state index is 14.4. The van der Waals surface area contributed by atoms with Crippen LogP contribution in [0.15, 0.2) is 34.9 Å². The first-order valence-electron chi connectivity index (χ1n) is 15.7. The molecule has 3 aliphatic rings. The lowest BCUT2D eigenvalue weighted by Gasteiger charge is -2.35. The summed E-state index contributed by atoms with van der Waals surface area (Å²) in [5.41, 5.74) is 3.65. The zero-order valence-electron chi connectivity index (χ0n) is 26.3. The third kappa shape index (κ3) is 6.93. The number of carbonyl (C=O) groups is 3. The van der Waals surface area contributed by atoms with Gasteiger partial charge >= 0.3 is 12.2 Å². The minimum atomic E-state index is -4.85. The van der Waals surface area contributed by atoms with Crippen LogP contribution < -0.4 is 26.2 Å². The summed E-state index contributed by atoms with van der Waals surface area (Å²) < 4.78 is 68.4. The predicted octanol–water partition coefficient (Wildman–Crippen LogP) is 3.02. The van der Waals surface area contributed by atoms with E-state index in [1.165, 1.54) is 11.0 Å². The fourth-order valence-corrected chi connectivity index (χ4v) is 5.69. The molecule has 19 heteroatoms. The zero-order chi connectivity index (χ0) is 35.2. The quantitative estimate of drug-likeness (QED) is 0.241. The van der Waals surface area contributed by atoms with Gasteiger partial charge in [-0.25, -0.2) is 14.2 Å². The monoisotopic (exact) mass is 698 g/mol. The Morgan fingerprint density at radius 2 is 1.58 bits per heavy atom. The molecule has 5 heterocycles. The van der Waals surface area contributed by atoms with Gasteiger partial charge in [0.15, 0.2) is 11.6 Å². The van der Waals surface area contributed by atoms with Crippen molar-refractivity contribution in [1.82, 2.24) is 30.2 Å². The number of furan rings is 1. The number of piperazine rings is 1. The third-order valence-electron chi connectivity index (χ3n) is 8.42. The van der Waals surface area contributed by atoms with Crippen LogP contribution >= 0.6 is 0 Å². The Hall–Kier alpha value is -5.59. The van der Waals surface area contributed by atoms with E-state index in [9.17, 15) is 31.9 Å². The van der Waals surface area contributed by atoms with E-state index in [1.807, 2.05) is 0 Å². The molecule has 2 saturated heterocycles. The molecular weight excluding hydrogens is 668 g/mol. The van der Waals surface area contributed by atoms with E-state index >= 15 is 0 Å². The minimum absolute atomic E-state index is 0.00713. The highest BCUT2D eigenvalue weighted by Gasteiger charge is 2.37. The maximum atomic E-state index is 14.4. The van der Waals surface area contributed by atoms with Gasteiger partial charge in [-0.2, -0.15) is 28.1 Å². The molecule has 0 atom stereocenters. The van der Waals surface area contributed by atoms with Crippen molar-refractivity contribution >= 4 is 46.5 Å². The Labute approximate surface area is 280 Å². The Morgan fingerprint density at radius 3 is 2.22 bits per heavy atom. The number of primary amides is 1. The number of urea groups is 1. The van der Waals surface area contributed by atoms with Gasteiger partial charge in [-0.15, -0.1) is 0 Å². The second-order valence-electron chi connectivity index (χ2n) is 12.0. The number of anilines is 3. The molecule has 4 N–H and O–H groups in total. The number of nitrogens with one attached hydrogen (secondary N) is 2. The number of pyridine rings is 1. The largest absolute Gasteiger partial charge is 0.450 e. The summed E-state index contributed by atoms with van der Waals surface area (Å²) in [6.45, 7) is 2.22. The molecule has 7 rings (SSSR count). The number of hydrogen-bond donors (Lipinski definition) is 3. The van der Waals surface area contributed by atoms with Gasteiger partial charge in [0, 0.05) is 56.9 Å². The summed E-state index contributed by atoms with van der Waals surface area (Å²) >= 11 is 0. The number of aromatic nitrogens is 4. The molecule has 0 bridgehead atoms. The number of ether oxygens (including phenoxy) is 1. The smallest absolute Gasteiger partial charge is 0.417 e. The Bertz CT molecular complexity index is 1970. The molecule has 4 aromatic rings. The molecule has 3 aromatic heterocycles. The lowest BCUT2D eigenvalue weighted by Crippen LogP contribution is -2.49. The summed E-state index contributed by atoms with van der Waals surface area (Å²) in [7, 11) is 0. The number of alkyl halides is 3. The molecule has 1 aromatic carbocycles. The van der Waals surface area contributed by atoms with E-state index in [4.69, 9.17) is 14.9 Å². The number of morpholine rings is 1. The summed E-state index contributed by atoms with van der Waals surface area (Å²) in [4.78, 5) is 59.8. The predicted molar refractivity (Wildman–Crippen MR) is 169 cm³/mol. The van der Waals surface area contributed by atoms with Crippen LogP contribution in [0.3, 0.4) is 0 Å². The van der Waals surface area contributed by atoms with Gasteiger partial charge in [-0.3, -0.25) is 14.9 Å². The van der Waals surface area contributed by atoms with Gasteiger partial charge in [-0.1, -0.05) is 0 Å². The number of carbonyl (C=O) groups excluding carboxylic acids is 3. The molecule has 3 fully saturated rings. The van der Waals surface area contributed by atoms with E-state index in [1.54, 1.807) is 9.80 Å². The summed E-state index contributed by atoms with van der Waals surface area (Å²) in [5.74, 6) is -2.58. The first-order valence-corrected chi connectivity index (χ1v) is 15.7. The number of halogens is 4. The van der Waals surface area contributed by atoms with Gasteiger partial charge in [0.25, 0.3) is 11.8 Å². The van der Waals surface area contributed by atoms with Crippen LogP contribution in [-0.4, -0.2) is 101 Å². The van der Waals surface area contributed by atoms with Crippen LogP contribution in [0.5, 0.6) is 0 Å². The number of amides is 4. The summed E-state index contributed by atoms with van der Waals surface area (Å²) in [5, 5.41) is 5.20. The molecule has 0 spiro atoms. The van der Waals surface area contributed by atoms with Crippen molar-refractivity contribution in [2.24, 2.45) is 5.73 Å². The van der Waals surface area contributed by atoms with Crippen molar-refractivity contribution in [3.05, 3.63) is 53.2 Å². The van der Waals surface area contributed by atoms with Crippen LogP contribution in [0.25, 0.3) is 22.4 Å². The molecule has 0 unspecified atom stereocenters. The Kier molecular flexibility index (Phi) is 8.58. The Balaban J connectivity index is 1.15. The second-order valence-corrected chi connectivity index (χ2v) is 12.0. The second kappa shape index (κ2) is 13.0. The number of nitrogens with two attached hydrogens (primary N) is 1. The van der Waals surface area contributed by atoms with Crippen LogP contribution in [-0.2, 0) is 10.9 Å². The van der Waals surface area contributed by atoms with Crippen molar-refractivity contribution in [2.75, 3.05) is 67.6 Å². The summed E-state index contributed by atoms with van der Waals surface area (Å²) in [6.07, 6.45) is -2.28. The number of benzene rings is 1. The average molecular weight is 699 g/mol. The molecular formula is C31H30F4N10O5. The number of fused-ring (bicyclic) bond motifs is 1. The molecule has 262 valence electrons. The highest BCUT2D eigenvalue weighted by molar-refractivity contribution is 6.06. The van der Waals surface area contributed by atoms with Crippen molar-refractivity contribution in [1.29, 1.82) is 0 Å². The van der Waals surface area contributed by atoms with Crippen LogP contribution in [0.2, 0.25) is 0 Å². The SMILES string of the molecule is NC(=O)c1cc(F)cc2cc(C(=O)N3CCN(c4nc(-c5cnc(NC(=O)NC6CC6)cc5C(F)(F)F)nc(N5CCOCC5)n4)CC3)oc12. The third-order valence-corrected chi connectivity index (χ3v) is 8.42. The van der Waals surface area contributed by atoms with E-state index in [0.717, 1.165) is 37.2 Å². The van der Waals surface area contributed by atoms with Gasteiger partial charge in [0.2, 0.25) is 11.9 Å². The zero-order valence-corrected chi connectivity index (χ0v) is 26.3. The van der Waals surface area contributed by atoms with Crippen molar-refractivity contribution in [3.63, 3.8) is 0 Å². The van der Waals surface area contributed by atoms with Crippen molar-refractivity contribution < 1.29 is 41.1 Å². The molecule has 1 aliphatic carbocycles. The standard InChI is InChI=1S/C31H30F4N10O5/c32-17-11-16-12-22(50-24(16)19(13-17)25(36)46)27(47)43-3-5-44(6-4-43)28-40-26(41-29(42-28)45-7-9-49-10-8-45)20-15-37-23(14-21(20)31(33,34)35)39-30(48)38-18-1-2-18/h11-15,18H,1-10H2,(H2,36,46)(H2,37,38,39,48). The molecule has 2 aliphatic heterocycles. The maximum Gasteiger partial charge on any atom is 0.417 e. The van der Waals surface area contributed by atoms with Gasteiger partial charge in [0.05, 0.1) is 29.9 Å². The normalized spacial score (nSPS) is 16.8. The highest BCUT2D eigenvalue weighted by Crippen LogP contribution is 2.38. The lowest BCUT2D eigenvalue weighted by atomic mass is 10.1. The fraction of sp³-hybridized carbons (Fsp3) is 0.387. The van der Waals surface area contributed by atoms with Gasteiger partial charge < -0.3 is 34.9 Å². The highest BCUT2D eigenvalue weighted by atomic mass is 19.4.